The number of hydrogen-bond acceptors (Lipinski definition) is 4. The number of hydrogen-bond donors (Lipinski definition) is 1. The van der Waals surface area contributed by atoms with Crippen molar-refractivity contribution in [3.05, 3.63) is 30.1 Å². The molecule has 2 heterocycles. The Bertz CT molecular complexity index is 727. The molecule has 7 nitrogen and oxygen atoms in total. The van der Waals surface area contributed by atoms with Crippen molar-refractivity contribution in [2.24, 2.45) is 0 Å². The van der Waals surface area contributed by atoms with Crippen LogP contribution in [0.25, 0.3) is 0 Å². The number of rotatable bonds is 4. The van der Waals surface area contributed by atoms with E-state index in [0.717, 1.165) is 31.6 Å². The van der Waals surface area contributed by atoms with Gasteiger partial charge in [0, 0.05) is 32.8 Å². The number of amides is 2. The third kappa shape index (κ3) is 4.16. The monoisotopic (exact) mass is 385 g/mol. The smallest absolute Gasteiger partial charge is 0.317 e. The molecule has 2 saturated heterocycles. The van der Waals surface area contributed by atoms with Gasteiger partial charge in [0.1, 0.15) is 5.82 Å². The van der Waals surface area contributed by atoms with Crippen LogP contribution in [0, 0.1) is 5.82 Å². The van der Waals surface area contributed by atoms with Gasteiger partial charge in [0.15, 0.2) is 0 Å². The van der Waals surface area contributed by atoms with E-state index in [4.69, 9.17) is 4.74 Å². The van der Waals surface area contributed by atoms with Crippen LogP contribution in [-0.2, 0) is 14.8 Å². The summed E-state index contributed by atoms with van der Waals surface area (Å²) < 4.78 is 45.1. The van der Waals surface area contributed by atoms with E-state index in [1.165, 1.54) is 16.4 Å². The van der Waals surface area contributed by atoms with Crippen LogP contribution in [-0.4, -0.2) is 68.6 Å². The molecule has 0 aromatic heterocycles. The Morgan fingerprint density at radius 1 is 1.23 bits per heavy atom. The molecule has 3 rings (SSSR count). The minimum absolute atomic E-state index is 0.0408. The summed E-state index contributed by atoms with van der Waals surface area (Å²) in [6, 6.07) is 4.49. The lowest BCUT2D eigenvalue weighted by Gasteiger charge is -2.35. The second kappa shape index (κ2) is 7.89. The van der Waals surface area contributed by atoms with Crippen molar-refractivity contribution in [3.8, 4) is 0 Å². The summed E-state index contributed by atoms with van der Waals surface area (Å²) in [4.78, 5) is 14.1. The molecule has 2 amide bonds. The van der Waals surface area contributed by atoms with E-state index < -0.39 is 15.8 Å². The van der Waals surface area contributed by atoms with Crippen molar-refractivity contribution >= 4 is 16.1 Å². The van der Waals surface area contributed by atoms with Crippen LogP contribution < -0.4 is 5.32 Å². The van der Waals surface area contributed by atoms with E-state index in [2.05, 4.69) is 5.32 Å². The van der Waals surface area contributed by atoms with Gasteiger partial charge in [-0.3, -0.25) is 0 Å². The Morgan fingerprint density at radius 3 is 2.46 bits per heavy atom. The van der Waals surface area contributed by atoms with Gasteiger partial charge in [-0.25, -0.2) is 17.6 Å². The van der Waals surface area contributed by atoms with E-state index in [1.807, 2.05) is 6.92 Å². The second-order valence-electron chi connectivity index (χ2n) is 6.63. The number of ether oxygens (including phenoxy) is 1. The number of nitrogens with one attached hydrogen (secondary N) is 1. The lowest BCUT2D eigenvalue weighted by Crippen LogP contribution is -2.55. The molecule has 1 aromatic carbocycles. The topological polar surface area (TPSA) is 79.0 Å². The quantitative estimate of drug-likeness (QED) is 0.850. The fourth-order valence-electron chi connectivity index (χ4n) is 3.26. The highest BCUT2D eigenvalue weighted by atomic mass is 32.2. The van der Waals surface area contributed by atoms with Gasteiger partial charge in [-0.1, -0.05) is 0 Å². The predicted octanol–water partition coefficient (Wildman–Crippen LogP) is 1.41. The summed E-state index contributed by atoms with van der Waals surface area (Å²) in [7, 11) is -3.68. The SMILES string of the molecule is C[C@@H](NC(=O)N1CCN(S(=O)(=O)c2ccc(F)cc2)CC1)[C@H]1CCCO1. The first-order chi connectivity index (χ1) is 12.4. The lowest BCUT2D eigenvalue weighted by molar-refractivity contribution is 0.0821. The van der Waals surface area contributed by atoms with Gasteiger partial charge in [-0.05, 0) is 44.0 Å². The number of urea groups is 1. The van der Waals surface area contributed by atoms with E-state index in [1.54, 1.807) is 4.90 Å². The fraction of sp³-hybridized carbons (Fsp3) is 0.588. The van der Waals surface area contributed by atoms with Crippen molar-refractivity contribution in [2.75, 3.05) is 32.8 Å². The standard InChI is InChI=1S/C17H24FN3O4S/c1-13(16-3-2-12-25-16)19-17(22)20-8-10-21(11-9-20)26(23,24)15-6-4-14(18)5-7-15/h4-7,13,16H,2-3,8-12H2,1H3,(H,19,22)/t13-,16-/m1/s1. The Labute approximate surface area is 153 Å². The normalized spacial score (nSPS) is 23.0. The van der Waals surface area contributed by atoms with Crippen LogP contribution >= 0.6 is 0 Å². The molecule has 2 aliphatic heterocycles. The van der Waals surface area contributed by atoms with Gasteiger partial charge >= 0.3 is 6.03 Å². The summed E-state index contributed by atoms with van der Waals surface area (Å²) in [6.45, 7) is 3.69. The average molecular weight is 385 g/mol. The molecule has 1 N–H and O–H groups in total. The van der Waals surface area contributed by atoms with Gasteiger partial charge in [0.25, 0.3) is 0 Å². The molecule has 1 aromatic rings. The summed E-state index contributed by atoms with van der Waals surface area (Å²) in [5.74, 6) is -0.481. The third-order valence-corrected chi connectivity index (χ3v) is 6.76. The molecule has 26 heavy (non-hydrogen) atoms. The molecule has 144 valence electrons. The zero-order chi connectivity index (χ0) is 18.7. The highest BCUT2D eigenvalue weighted by molar-refractivity contribution is 7.89. The van der Waals surface area contributed by atoms with Gasteiger partial charge in [0.2, 0.25) is 10.0 Å². The Balaban J connectivity index is 1.54. The van der Waals surface area contributed by atoms with Crippen LogP contribution in [0.4, 0.5) is 9.18 Å². The lowest BCUT2D eigenvalue weighted by atomic mass is 10.1. The zero-order valence-corrected chi connectivity index (χ0v) is 15.5. The van der Waals surface area contributed by atoms with Gasteiger partial charge in [0.05, 0.1) is 17.0 Å². The maximum Gasteiger partial charge on any atom is 0.317 e. The molecule has 2 atom stereocenters. The molecular formula is C17H24FN3O4S. The number of carbonyl (C=O) groups excluding carboxylic acids is 1. The molecular weight excluding hydrogens is 361 g/mol. The van der Waals surface area contributed by atoms with E-state index in [-0.39, 0.29) is 36.2 Å². The predicted molar refractivity (Wildman–Crippen MR) is 93.7 cm³/mol. The summed E-state index contributed by atoms with van der Waals surface area (Å²) in [5, 5.41) is 2.94. The second-order valence-corrected chi connectivity index (χ2v) is 8.57. The number of piperazine rings is 1. The molecule has 2 aliphatic rings. The van der Waals surface area contributed by atoms with Crippen molar-refractivity contribution in [3.63, 3.8) is 0 Å². The van der Waals surface area contributed by atoms with E-state index >= 15 is 0 Å². The maximum atomic E-state index is 13.0. The number of benzene rings is 1. The molecule has 0 radical (unpaired) electrons. The Kier molecular flexibility index (Phi) is 5.79. The number of sulfonamides is 1. The van der Waals surface area contributed by atoms with Crippen molar-refractivity contribution in [1.29, 1.82) is 0 Å². The first-order valence-electron chi connectivity index (χ1n) is 8.81. The van der Waals surface area contributed by atoms with E-state index in [9.17, 15) is 17.6 Å². The molecule has 0 bridgehead atoms. The first-order valence-corrected chi connectivity index (χ1v) is 10.2. The molecule has 0 aliphatic carbocycles. The average Bonchev–Trinajstić information content (AvgIpc) is 3.17. The Hall–Kier alpha value is -1.71. The molecule has 9 heteroatoms. The summed E-state index contributed by atoms with van der Waals surface area (Å²) in [6.07, 6.45) is 1.98. The van der Waals surface area contributed by atoms with Crippen LogP contribution in [0.1, 0.15) is 19.8 Å². The minimum Gasteiger partial charge on any atom is -0.376 e. The summed E-state index contributed by atoms with van der Waals surface area (Å²) in [5.41, 5.74) is 0. The van der Waals surface area contributed by atoms with Gasteiger partial charge in [-0.15, -0.1) is 0 Å². The largest absolute Gasteiger partial charge is 0.376 e. The van der Waals surface area contributed by atoms with Crippen LogP contribution in [0.5, 0.6) is 0 Å². The molecule has 0 spiro atoms. The fourth-order valence-corrected chi connectivity index (χ4v) is 4.69. The van der Waals surface area contributed by atoms with Gasteiger partial charge in [-0.2, -0.15) is 4.31 Å². The molecule has 0 saturated carbocycles. The van der Waals surface area contributed by atoms with Crippen LogP contribution in [0.15, 0.2) is 29.2 Å². The van der Waals surface area contributed by atoms with Crippen molar-refractivity contribution < 1.29 is 22.3 Å². The van der Waals surface area contributed by atoms with Gasteiger partial charge < -0.3 is 15.0 Å². The zero-order valence-electron chi connectivity index (χ0n) is 14.7. The Morgan fingerprint density at radius 2 is 1.88 bits per heavy atom. The van der Waals surface area contributed by atoms with Crippen molar-refractivity contribution in [2.45, 2.75) is 36.8 Å². The minimum atomic E-state index is -3.68. The summed E-state index contributed by atoms with van der Waals surface area (Å²) >= 11 is 0. The molecule has 2 fully saturated rings. The number of nitrogens with zero attached hydrogens (tertiary/aromatic N) is 2. The van der Waals surface area contributed by atoms with E-state index in [0.29, 0.717) is 13.1 Å². The first kappa shape index (κ1) is 19.1. The van der Waals surface area contributed by atoms with Crippen molar-refractivity contribution in [1.82, 2.24) is 14.5 Å². The highest BCUT2D eigenvalue weighted by Crippen LogP contribution is 2.19. The van der Waals surface area contributed by atoms with Crippen LogP contribution in [0.3, 0.4) is 0 Å². The number of halogens is 1. The highest BCUT2D eigenvalue weighted by Gasteiger charge is 2.31. The maximum absolute atomic E-state index is 13.0. The van der Waals surface area contributed by atoms with Crippen LogP contribution in [0.2, 0.25) is 0 Å². The number of carbonyl (C=O) groups is 1. The molecule has 0 unspecified atom stereocenters. The third-order valence-electron chi connectivity index (χ3n) is 4.85.